The van der Waals surface area contributed by atoms with Crippen molar-refractivity contribution in [2.45, 2.75) is 39.2 Å². The van der Waals surface area contributed by atoms with E-state index in [2.05, 4.69) is 25.3 Å². The zero-order valence-corrected chi connectivity index (χ0v) is 19.3. The molecule has 1 saturated heterocycles. The molecule has 30 heavy (non-hydrogen) atoms. The van der Waals surface area contributed by atoms with Crippen molar-refractivity contribution in [3.05, 3.63) is 51.5 Å². The van der Waals surface area contributed by atoms with E-state index < -0.39 is 0 Å². The van der Waals surface area contributed by atoms with Crippen LogP contribution in [0.4, 0.5) is 5.69 Å². The highest BCUT2D eigenvalue weighted by Crippen LogP contribution is 2.46. The molecule has 160 valence electrons. The molecule has 1 amide bonds. The van der Waals surface area contributed by atoms with Gasteiger partial charge in [-0.2, -0.15) is 5.10 Å². The number of hydrazine groups is 1. The number of anilines is 1. The van der Waals surface area contributed by atoms with Crippen LogP contribution in [0.1, 0.15) is 33.1 Å². The largest absolute Gasteiger partial charge is 0.284 e. The highest BCUT2D eigenvalue weighted by Gasteiger charge is 2.48. The van der Waals surface area contributed by atoms with Crippen LogP contribution in [0.3, 0.4) is 0 Å². The van der Waals surface area contributed by atoms with E-state index in [0.29, 0.717) is 15.8 Å². The second-order valence-corrected chi connectivity index (χ2v) is 9.71. The van der Waals surface area contributed by atoms with Gasteiger partial charge in [0.15, 0.2) is 0 Å². The van der Waals surface area contributed by atoms with Crippen LogP contribution in [0.15, 0.2) is 46.6 Å². The fourth-order valence-electron chi connectivity index (χ4n) is 4.58. The van der Waals surface area contributed by atoms with Gasteiger partial charge in [0.2, 0.25) is 0 Å². The van der Waals surface area contributed by atoms with Crippen LogP contribution in [-0.2, 0) is 4.79 Å². The van der Waals surface area contributed by atoms with Crippen molar-refractivity contribution in [1.29, 1.82) is 0 Å². The molecule has 0 bridgehead atoms. The number of nitrogens with one attached hydrogen (secondary N) is 1. The Morgan fingerprint density at radius 1 is 1.23 bits per heavy atom. The van der Waals surface area contributed by atoms with E-state index in [-0.39, 0.29) is 23.3 Å². The first-order valence-corrected chi connectivity index (χ1v) is 11.4. The third-order valence-electron chi connectivity index (χ3n) is 6.17. The lowest BCUT2D eigenvalue weighted by Gasteiger charge is -2.41. The highest BCUT2D eigenvalue weighted by molar-refractivity contribution is 6.41. The summed E-state index contributed by atoms with van der Waals surface area (Å²) < 4.78 is 0. The maximum atomic E-state index is 13.1. The number of rotatable bonds is 4. The number of hydrazone groups is 1. The van der Waals surface area contributed by atoms with Crippen LogP contribution < -0.4 is 10.4 Å². The van der Waals surface area contributed by atoms with E-state index in [1.54, 1.807) is 12.1 Å². The van der Waals surface area contributed by atoms with E-state index >= 15 is 0 Å². The van der Waals surface area contributed by atoms with Crippen molar-refractivity contribution in [1.82, 2.24) is 10.4 Å². The first-order valence-electron chi connectivity index (χ1n) is 10.2. The topological polar surface area (TPSA) is 47.9 Å². The Kier molecular flexibility index (Phi) is 6.18. The first kappa shape index (κ1) is 21.7. The van der Waals surface area contributed by atoms with E-state index in [1.807, 2.05) is 28.2 Å². The Morgan fingerprint density at radius 2 is 1.97 bits per heavy atom. The Bertz CT molecular complexity index is 938. The number of carbonyl (C=O) groups excluding carboxylic acids is 1. The summed E-state index contributed by atoms with van der Waals surface area (Å²) >= 11 is 18.8. The zero-order valence-electron chi connectivity index (χ0n) is 17.0. The standard InChI is InChI=1S/C22H25Cl3N4O/c1-14-19(21(30)27-28-11-3-4-12-28)26-29(18-6-5-16(24)13-17(18)25)20(14)22(2)9-7-15(23)8-10-22/h5-9,13-14,20H,3-4,10-12H2,1-2H3,(H,27,30)/t14-,20+,22?/m0/s1. The molecule has 0 saturated carbocycles. The molecule has 0 spiro atoms. The summed E-state index contributed by atoms with van der Waals surface area (Å²) in [5, 5.41) is 10.4. The lowest BCUT2D eigenvalue weighted by Crippen LogP contribution is -2.48. The Hall–Kier alpha value is -1.53. The number of allylic oxidation sites excluding steroid dienone is 3. The van der Waals surface area contributed by atoms with Crippen LogP contribution in [-0.4, -0.2) is 35.8 Å². The van der Waals surface area contributed by atoms with E-state index in [9.17, 15) is 4.79 Å². The van der Waals surface area contributed by atoms with Crippen LogP contribution in [0.2, 0.25) is 10.0 Å². The molecule has 2 aliphatic heterocycles. The average molecular weight is 468 g/mol. The second kappa shape index (κ2) is 8.54. The molecule has 8 heteroatoms. The molecule has 1 N–H and O–H groups in total. The van der Waals surface area contributed by atoms with Gasteiger partial charge in [0, 0.05) is 34.5 Å². The normalized spacial score (nSPS) is 29.2. The maximum absolute atomic E-state index is 13.1. The molecule has 3 atom stereocenters. The number of carbonyl (C=O) groups is 1. The summed E-state index contributed by atoms with van der Waals surface area (Å²) in [4.78, 5) is 13.1. The minimum Gasteiger partial charge on any atom is -0.284 e. The van der Waals surface area contributed by atoms with Gasteiger partial charge in [-0.25, -0.2) is 5.01 Å². The number of nitrogens with zero attached hydrogens (tertiary/aromatic N) is 3. The first-order chi connectivity index (χ1) is 14.3. The molecule has 1 unspecified atom stereocenters. The Labute approximate surface area is 192 Å². The molecule has 0 aromatic heterocycles. The minimum atomic E-state index is -0.278. The Morgan fingerprint density at radius 3 is 2.60 bits per heavy atom. The molecule has 1 aromatic rings. The van der Waals surface area contributed by atoms with Gasteiger partial charge in [0.05, 0.1) is 16.8 Å². The summed E-state index contributed by atoms with van der Waals surface area (Å²) in [5.41, 5.74) is 3.99. The fourth-order valence-corrected chi connectivity index (χ4v) is 5.21. The zero-order chi connectivity index (χ0) is 21.5. The molecular formula is C22H25Cl3N4O. The summed E-state index contributed by atoms with van der Waals surface area (Å²) in [6.07, 6.45) is 8.97. The van der Waals surface area contributed by atoms with Crippen molar-refractivity contribution in [2.75, 3.05) is 18.1 Å². The van der Waals surface area contributed by atoms with Crippen LogP contribution in [0, 0.1) is 11.3 Å². The Balaban J connectivity index is 1.70. The lowest BCUT2D eigenvalue weighted by atomic mass is 9.71. The van der Waals surface area contributed by atoms with Crippen LogP contribution in [0.25, 0.3) is 0 Å². The highest BCUT2D eigenvalue weighted by atomic mass is 35.5. The summed E-state index contributed by atoms with van der Waals surface area (Å²) in [6, 6.07) is 5.24. The van der Waals surface area contributed by atoms with Gasteiger partial charge in [-0.05, 0) is 43.5 Å². The van der Waals surface area contributed by atoms with Crippen LogP contribution >= 0.6 is 34.8 Å². The number of benzene rings is 1. The number of hydrogen-bond donors (Lipinski definition) is 1. The predicted octanol–water partition coefficient (Wildman–Crippen LogP) is 5.39. The summed E-state index contributed by atoms with van der Waals surface area (Å²) in [7, 11) is 0. The van der Waals surface area contributed by atoms with Crippen molar-refractivity contribution < 1.29 is 4.79 Å². The van der Waals surface area contributed by atoms with Gasteiger partial charge in [-0.3, -0.25) is 15.2 Å². The smallest absolute Gasteiger partial charge is 0.282 e. The molecule has 4 rings (SSSR count). The van der Waals surface area contributed by atoms with Gasteiger partial charge in [0.1, 0.15) is 5.71 Å². The molecule has 3 aliphatic rings. The van der Waals surface area contributed by atoms with Crippen molar-refractivity contribution in [3.63, 3.8) is 0 Å². The summed E-state index contributed by atoms with van der Waals surface area (Å²) in [5.74, 6) is -0.266. The molecule has 1 fully saturated rings. The average Bonchev–Trinajstić information content (AvgIpc) is 3.32. The maximum Gasteiger partial charge on any atom is 0.282 e. The fraction of sp³-hybridized carbons (Fsp3) is 0.455. The molecule has 1 aromatic carbocycles. The van der Waals surface area contributed by atoms with Gasteiger partial charge in [-0.15, -0.1) is 0 Å². The van der Waals surface area contributed by atoms with Crippen molar-refractivity contribution in [3.8, 4) is 0 Å². The van der Waals surface area contributed by atoms with Crippen molar-refractivity contribution in [2.24, 2.45) is 16.4 Å². The lowest BCUT2D eigenvalue weighted by molar-refractivity contribution is -0.119. The quantitative estimate of drug-likeness (QED) is 0.646. The van der Waals surface area contributed by atoms with Crippen LogP contribution in [0.5, 0.6) is 0 Å². The van der Waals surface area contributed by atoms with Gasteiger partial charge in [-0.1, -0.05) is 60.8 Å². The predicted molar refractivity (Wildman–Crippen MR) is 124 cm³/mol. The monoisotopic (exact) mass is 466 g/mol. The minimum absolute atomic E-state index is 0.104. The van der Waals surface area contributed by atoms with Crippen molar-refractivity contribution >= 4 is 52.1 Å². The third kappa shape index (κ3) is 4.13. The molecule has 1 aliphatic carbocycles. The van der Waals surface area contributed by atoms with E-state index in [4.69, 9.17) is 39.9 Å². The number of amides is 1. The number of halogens is 3. The van der Waals surface area contributed by atoms with Gasteiger partial charge >= 0.3 is 0 Å². The van der Waals surface area contributed by atoms with Gasteiger partial charge in [0.25, 0.3) is 5.91 Å². The summed E-state index contributed by atoms with van der Waals surface area (Å²) in [6.45, 7) is 5.95. The number of hydrogen-bond acceptors (Lipinski definition) is 4. The van der Waals surface area contributed by atoms with E-state index in [1.165, 1.54) is 0 Å². The SMILES string of the molecule is C[C@H]1C(C(=O)NN2CCCC2)=NN(c2ccc(Cl)cc2Cl)[C@H]1C1(C)C=CC(Cl)=CC1. The van der Waals surface area contributed by atoms with E-state index in [0.717, 1.165) is 43.1 Å². The third-order valence-corrected chi connectivity index (χ3v) is 6.99. The second-order valence-electron chi connectivity index (χ2n) is 8.43. The molecule has 2 heterocycles. The molecular weight excluding hydrogens is 443 g/mol. The molecule has 5 nitrogen and oxygen atoms in total. The van der Waals surface area contributed by atoms with Gasteiger partial charge < -0.3 is 0 Å². The molecule has 0 radical (unpaired) electrons.